The highest BCUT2D eigenvalue weighted by atomic mass is 19.2. The maximum absolute atomic E-state index is 13.7. The van der Waals surface area contributed by atoms with E-state index >= 15 is 0 Å². The first kappa shape index (κ1) is 13.3. The molecule has 2 aromatic rings. The standard InChI is InChI=1S/C14H8F4O/c1-7(19)9-3-2-8(15)6-11(9)10-4-5-12(16)14(18)13(10)17/h2-6H,1H3. The van der Waals surface area contributed by atoms with Gasteiger partial charge in [0.05, 0.1) is 0 Å². The van der Waals surface area contributed by atoms with Crippen molar-refractivity contribution in [1.82, 2.24) is 0 Å². The first-order valence-corrected chi connectivity index (χ1v) is 5.36. The molecule has 2 aromatic carbocycles. The summed E-state index contributed by atoms with van der Waals surface area (Å²) in [5.41, 5.74) is -0.432. The molecule has 2 rings (SSSR count). The normalized spacial score (nSPS) is 10.6. The molecule has 1 nitrogen and oxygen atoms in total. The van der Waals surface area contributed by atoms with Crippen molar-refractivity contribution in [2.75, 3.05) is 0 Å². The van der Waals surface area contributed by atoms with Gasteiger partial charge in [0.1, 0.15) is 5.82 Å². The molecular weight excluding hydrogens is 260 g/mol. The predicted octanol–water partition coefficient (Wildman–Crippen LogP) is 4.11. The van der Waals surface area contributed by atoms with Gasteiger partial charge in [0.15, 0.2) is 23.2 Å². The van der Waals surface area contributed by atoms with Crippen LogP contribution in [0.2, 0.25) is 0 Å². The van der Waals surface area contributed by atoms with Gasteiger partial charge in [-0.2, -0.15) is 0 Å². The molecular formula is C14H8F4O. The lowest BCUT2D eigenvalue weighted by molar-refractivity contribution is 0.101. The Labute approximate surface area is 106 Å². The van der Waals surface area contributed by atoms with Gasteiger partial charge in [-0.25, -0.2) is 17.6 Å². The molecule has 0 atom stereocenters. The van der Waals surface area contributed by atoms with E-state index < -0.39 is 29.1 Å². The first-order chi connectivity index (χ1) is 8.91. The Morgan fingerprint density at radius 2 is 1.58 bits per heavy atom. The molecule has 0 amide bonds. The second-order valence-electron chi connectivity index (χ2n) is 3.97. The lowest BCUT2D eigenvalue weighted by atomic mass is 9.96. The third-order valence-electron chi connectivity index (χ3n) is 2.69. The predicted molar refractivity (Wildman–Crippen MR) is 61.7 cm³/mol. The summed E-state index contributed by atoms with van der Waals surface area (Å²) in [5.74, 6) is -5.59. The largest absolute Gasteiger partial charge is 0.294 e. The Balaban J connectivity index is 2.75. The topological polar surface area (TPSA) is 17.1 Å². The van der Waals surface area contributed by atoms with Crippen molar-refractivity contribution in [3.63, 3.8) is 0 Å². The molecule has 5 heteroatoms. The minimum Gasteiger partial charge on any atom is -0.294 e. The fourth-order valence-electron chi connectivity index (χ4n) is 1.78. The number of Topliss-reactive ketones (excluding diaryl/α,β-unsaturated/α-hetero) is 1. The van der Waals surface area contributed by atoms with Crippen molar-refractivity contribution >= 4 is 5.78 Å². The van der Waals surface area contributed by atoms with Gasteiger partial charge >= 0.3 is 0 Å². The Morgan fingerprint density at radius 1 is 0.895 bits per heavy atom. The van der Waals surface area contributed by atoms with Crippen molar-refractivity contribution < 1.29 is 22.4 Å². The van der Waals surface area contributed by atoms with E-state index in [-0.39, 0.29) is 16.7 Å². The van der Waals surface area contributed by atoms with Crippen LogP contribution in [0.3, 0.4) is 0 Å². The number of ketones is 1. The van der Waals surface area contributed by atoms with Gasteiger partial charge in [-0.1, -0.05) is 0 Å². The number of rotatable bonds is 2. The van der Waals surface area contributed by atoms with Crippen LogP contribution >= 0.6 is 0 Å². The lowest BCUT2D eigenvalue weighted by Crippen LogP contribution is -2.00. The molecule has 0 N–H and O–H groups in total. The van der Waals surface area contributed by atoms with E-state index in [2.05, 4.69) is 0 Å². The highest BCUT2D eigenvalue weighted by molar-refractivity contribution is 6.00. The highest BCUT2D eigenvalue weighted by Crippen LogP contribution is 2.29. The number of carbonyl (C=O) groups is 1. The summed E-state index contributed by atoms with van der Waals surface area (Å²) >= 11 is 0. The number of benzene rings is 2. The Hall–Kier alpha value is -2.17. The van der Waals surface area contributed by atoms with E-state index in [1.165, 1.54) is 13.0 Å². The van der Waals surface area contributed by atoms with E-state index in [1.807, 2.05) is 0 Å². The maximum Gasteiger partial charge on any atom is 0.195 e. The van der Waals surface area contributed by atoms with Gasteiger partial charge in [0.2, 0.25) is 0 Å². The van der Waals surface area contributed by atoms with Crippen LogP contribution < -0.4 is 0 Å². The number of carbonyl (C=O) groups excluding carboxylic acids is 1. The molecule has 0 aromatic heterocycles. The van der Waals surface area contributed by atoms with Crippen LogP contribution in [0.25, 0.3) is 11.1 Å². The molecule has 0 aliphatic carbocycles. The van der Waals surface area contributed by atoms with Crippen molar-refractivity contribution in [1.29, 1.82) is 0 Å². The van der Waals surface area contributed by atoms with Crippen molar-refractivity contribution in [2.45, 2.75) is 6.92 Å². The average molecular weight is 268 g/mol. The lowest BCUT2D eigenvalue weighted by Gasteiger charge is -2.09. The van der Waals surface area contributed by atoms with Crippen LogP contribution in [-0.2, 0) is 0 Å². The molecule has 0 saturated carbocycles. The van der Waals surface area contributed by atoms with Crippen LogP contribution in [0.1, 0.15) is 17.3 Å². The van der Waals surface area contributed by atoms with E-state index in [0.29, 0.717) is 0 Å². The van der Waals surface area contributed by atoms with Crippen LogP contribution in [0.4, 0.5) is 17.6 Å². The molecule has 98 valence electrons. The zero-order valence-electron chi connectivity index (χ0n) is 9.81. The van der Waals surface area contributed by atoms with E-state index in [0.717, 1.165) is 24.3 Å². The maximum atomic E-state index is 13.7. The van der Waals surface area contributed by atoms with Gasteiger partial charge in [-0.15, -0.1) is 0 Å². The third-order valence-corrected chi connectivity index (χ3v) is 2.69. The van der Waals surface area contributed by atoms with Gasteiger partial charge in [0, 0.05) is 11.1 Å². The fraction of sp³-hybridized carbons (Fsp3) is 0.0714. The number of hydrogen-bond acceptors (Lipinski definition) is 1. The molecule has 0 radical (unpaired) electrons. The molecule has 0 saturated heterocycles. The van der Waals surface area contributed by atoms with E-state index in [4.69, 9.17) is 0 Å². The first-order valence-electron chi connectivity index (χ1n) is 5.36. The Morgan fingerprint density at radius 3 is 2.21 bits per heavy atom. The average Bonchev–Trinajstić information content (AvgIpc) is 2.35. The molecule has 0 spiro atoms. The SMILES string of the molecule is CC(=O)c1ccc(F)cc1-c1ccc(F)c(F)c1F. The summed E-state index contributed by atoms with van der Waals surface area (Å²) in [6.07, 6.45) is 0. The molecule has 19 heavy (non-hydrogen) atoms. The Kier molecular flexibility index (Phi) is 3.38. The second-order valence-corrected chi connectivity index (χ2v) is 3.97. The number of hydrogen-bond donors (Lipinski definition) is 0. The highest BCUT2D eigenvalue weighted by Gasteiger charge is 2.18. The summed E-state index contributed by atoms with van der Waals surface area (Å²) < 4.78 is 52.9. The summed E-state index contributed by atoms with van der Waals surface area (Å²) in [6, 6.07) is 4.82. The third kappa shape index (κ3) is 2.36. The minimum atomic E-state index is -1.66. The zero-order chi connectivity index (χ0) is 14.2. The molecule has 0 bridgehead atoms. The molecule has 0 heterocycles. The summed E-state index contributed by atoms with van der Waals surface area (Å²) in [7, 11) is 0. The second kappa shape index (κ2) is 4.84. The zero-order valence-corrected chi connectivity index (χ0v) is 9.81. The van der Waals surface area contributed by atoms with Gasteiger partial charge in [-0.3, -0.25) is 4.79 Å². The van der Waals surface area contributed by atoms with Crippen molar-refractivity contribution in [2.24, 2.45) is 0 Å². The Bertz CT molecular complexity index is 665. The number of halogens is 4. The van der Waals surface area contributed by atoms with Gasteiger partial charge in [0.25, 0.3) is 0 Å². The van der Waals surface area contributed by atoms with Gasteiger partial charge in [-0.05, 0) is 42.8 Å². The monoisotopic (exact) mass is 268 g/mol. The summed E-state index contributed by atoms with van der Waals surface area (Å²) in [5, 5.41) is 0. The smallest absolute Gasteiger partial charge is 0.195 e. The van der Waals surface area contributed by atoms with Crippen molar-refractivity contribution in [3.8, 4) is 11.1 Å². The molecule has 0 aliphatic rings. The molecule has 0 fully saturated rings. The molecule has 0 unspecified atom stereocenters. The van der Waals surface area contributed by atoms with Crippen LogP contribution in [0, 0.1) is 23.3 Å². The summed E-state index contributed by atoms with van der Waals surface area (Å²) in [4.78, 5) is 11.4. The summed E-state index contributed by atoms with van der Waals surface area (Å²) in [6.45, 7) is 1.22. The van der Waals surface area contributed by atoms with Crippen LogP contribution in [0.5, 0.6) is 0 Å². The van der Waals surface area contributed by atoms with E-state index in [9.17, 15) is 22.4 Å². The van der Waals surface area contributed by atoms with Crippen molar-refractivity contribution in [3.05, 3.63) is 59.2 Å². The quantitative estimate of drug-likeness (QED) is 0.455. The van der Waals surface area contributed by atoms with Crippen LogP contribution in [-0.4, -0.2) is 5.78 Å². The fourth-order valence-corrected chi connectivity index (χ4v) is 1.78. The minimum absolute atomic E-state index is 0.0336. The van der Waals surface area contributed by atoms with E-state index in [1.54, 1.807) is 0 Å². The molecule has 0 aliphatic heterocycles. The van der Waals surface area contributed by atoms with Gasteiger partial charge < -0.3 is 0 Å². The van der Waals surface area contributed by atoms with Crippen LogP contribution in [0.15, 0.2) is 30.3 Å².